The second kappa shape index (κ2) is 12.2. The summed E-state index contributed by atoms with van der Waals surface area (Å²) in [6.07, 6.45) is 0. The van der Waals surface area contributed by atoms with Gasteiger partial charge in [-0.3, -0.25) is 4.79 Å². The molecule has 31 heavy (non-hydrogen) atoms. The smallest absolute Gasteiger partial charge is 0.251 e. The number of amides is 1. The van der Waals surface area contributed by atoms with Crippen LogP contribution in [0.3, 0.4) is 0 Å². The summed E-state index contributed by atoms with van der Waals surface area (Å²) in [5.74, 6) is 2.78. The van der Waals surface area contributed by atoms with Crippen molar-refractivity contribution in [3.63, 3.8) is 0 Å². The van der Waals surface area contributed by atoms with Gasteiger partial charge in [-0.15, -0.1) is 0 Å². The summed E-state index contributed by atoms with van der Waals surface area (Å²) in [5, 5.41) is 2.97. The van der Waals surface area contributed by atoms with Crippen LogP contribution in [-0.4, -0.2) is 50.4 Å². The minimum atomic E-state index is -0.0329. The van der Waals surface area contributed by atoms with Crippen LogP contribution in [0, 0.1) is 0 Å². The number of hydrogen-bond acceptors (Lipinski definition) is 4. The molecule has 0 heterocycles. The van der Waals surface area contributed by atoms with Gasteiger partial charge in [-0.05, 0) is 55.1 Å². The molecule has 1 N–H and O–H groups in total. The molecule has 0 spiro atoms. The van der Waals surface area contributed by atoms with Gasteiger partial charge in [0.25, 0.3) is 5.91 Å². The minimum absolute atomic E-state index is 0.0329. The topological polar surface area (TPSA) is 41.6 Å². The number of para-hydroxylation sites is 1. The molecule has 5 heteroatoms. The summed E-state index contributed by atoms with van der Waals surface area (Å²) in [5.41, 5.74) is 4.14. The molecule has 0 saturated heterocycles. The summed E-state index contributed by atoms with van der Waals surface area (Å²) in [6, 6.07) is 26.3. The zero-order chi connectivity index (χ0) is 21.9. The van der Waals surface area contributed by atoms with Crippen LogP contribution in [-0.2, 0) is 5.75 Å². The highest BCUT2D eigenvalue weighted by atomic mass is 32.2. The van der Waals surface area contributed by atoms with Crippen LogP contribution in [0.5, 0.6) is 5.75 Å². The summed E-state index contributed by atoms with van der Waals surface area (Å²) < 4.78 is 5.73. The van der Waals surface area contributed by atoms with E-state index in [0.29, 0.717) is 18.7 Å². The third-order valence-electron chi connectivity index (χ3n) is 4.76. The Morgan fingerprint density at radius 2 is 1.71 bits per heavy atom. The Labute approximate surface area is 189 Å². The Balaban J connectivity index is 1.47. The normalized spacial score (nSPS) is 10.8. The molecule has 0 atom stereocenters. The molecule has 4 nitrogen and oxygen atoms in total. The first-order valence-corrected chi connectivity index (χ1v) is 11.7. The van der Waals surface area contributed by atoms with Crippen molar-refractivity contribution in [2.45, 2.75) is 5.75 Å². The van der Waals surface area contributed by atoms with Crippen molar-refractivity contribution in [2.24, 2.45) is 0 Å². The molecule has 0 aliphatic carbocycles. The molecule has 3 aromatic rings. The van der Waals surface area contributed by atoms with Crippen LogP contribution in [0.2, 0.25) is 0 Å². The van der Waals surface area contributed by atoms with Crippen LogP contribution in [0.1, 0.15) is 15.9 Å². The van der Waals surface area contributed by atoms with E-state index in [4.69, 9.17) is 4.74 Å². The predicted molar refractivity (Wildman–Crippen MR) is 131 cm³/mol. The zero-order valence-electron chi connectivity index (χ0n) is 18.2. The second-order valence-corrected chi connectivity index (χ2v) is 8.66. The summed E-state index contributed by atoms with van der Waals surface area (Å²) in [7, 11) is 3.99. The van der Waals surface area contributed by atoms with Gasteiger partial charge in [-0.1, -0.05) is 54.6 Å². The third kappa shape index (κ3) is 7.78. The molecule has 0 saturated carbocycles. The largest absolute Gasteiger partial charge is 0.493 e. The maximum Gasteiger partial charge on any atom is 0.251 e. The van der Waals surface area contributed by atoms with E-state index in [9.17, 15) is 4.79 Å². The number of thioether (sulfide) groups is 1. The lowest BCUT2D eigenvalue weighted by molar-refractivity contribution is 0.0951. The van der Waals surface area contributed by atoms with E-state index in [1.165, 1.54) is 5.56 Å². The number of ether oxygens (including phenoxy) is 1. The van der Waals surface area contributed by atoms with Crippen LogP contribution in [0.15, 0.2) is 78.9 Å². The Bertz CT molecular complexity index is 943. The lowest BCUT2D eigenvalue weighted by Crippen LogP contribution is -2.31. The number of nitrogens with zero attached hydrogens (tertiary/aromatic N) is 1. The minimum Gasteiger partial charge on any atom is -0.493 e. The first-order chi connectivity index (χ1) is 15.1. The van der Waals surface area contributed by atoms with Crippen molar-refractivity contribution in [1.29, 1.82) is 0 Å². The summed E-state index contributed by atoms with van der Waals surface area (Å²) >= 11 is 1.86. The average Bonchev–Trinajstić information content (AvgIpc) is 2.80. The molecule has 0 bridgehead atoms. The Morgan fingerprint density at radius 3 is 2.45 bits per heavy atom. The van der Waals surface area contributed by atoms with Crippen LogP contribution < -0.4 is 10.1 Å². The van der Waals surface area contributed by atoms with Gasteiger partial charge in [-0.25, -0.2) is 0 Å². The maximum absolute atomic E-state index is 12.4. The SMILES string of the molecule is CN(C)CCNC(=O)c1cccc(-c2ccc(CSCCOc3ccccc3)cc2)c1. The van der Waals surface area contributed by atoms with Crippen LogP contribution in [0.25, 0.3) is 11.1 Å². The van der Waals surface area contributed by atoms with E-state index < -0.39 is 0 Å². The Morgan fingerprint density at radius 1 is 0.935 bits per heavy atom. The number of nitrogens with one attached hydrogen (secondary N) is 1. The number of hydrogen-bond donors (Lipinski definition) is 1. The molecule has 0 fully saturated rings. The molecule has 162 valence electrons. The van der Waals surface area contributed by atoms with Crippen molar-refractivity contribution in [3.8, 4) is 16.9 Å². The van der Waals surface area contributed by atoms with Gasteiger partial charge in [0.05, 0.1) is 6.61 Å². The highest BCUT2D eigenvalue weighted by Crippen LogP contribution is 2.22. The van der Waals surface area contributed by atoms with Crippen LogP contribution in [0.4, 0.5) is 0 Å². The first kappa shape index (κ1) is 22.9. The van der Waals surface area contributed by atoms with Gasteiger partial charge in [0.2, 0.25) is 0 Å². The molecule has 3 rings (SSSR count). The lowest BCUT2D eigenvalue weighted by Gasteiger charge is -2.11. The van der Waals surface area contributed by atoms with Gasteiger partial charge >= 0.3 is 0 Å². The number of likely N-dealkylation sites (N-methyl/N-ethyl adjacent to an activating group) is 1. The molecule has 0 aromatic heterocycles. The standard InChI is InChI=1S/C26H30N2O2S/c1-28(2)16-15-27-26(29)24-8-6-7-23(19-24)22-13-11-21(12-14-22)20-31-18-17-30-25-9-4-3-5-10-25/h3-14,19H,15-18,20H2,1-2H3,(H,27,29). The molecule has 0 unspecified atom stereocenters. The van der Waals surface area contributed by atoms with Crippen molar-refractivity contribution in [3.05, 3.63) is 90.0 Å². The van der Waals surface area contributed by atoms with E-state index in [1.807, 2.05) is 85.4 Å². The van der Waals surface area contributed by atoms with E-state index in [-0.39, 0.29) is 5.91 Å². The molecule has 0 aliphatic rings. The van der Waals surface area contributed by atoms with E-state index in [1.54, 1.807) is 0 Å². The van der Waals surface area contributed by atoms with Gasteiger partial charge in [0.15, 0.2) is 0 Å². The molecule has 0 aliphatic heterocycles. The highest BCUT2D eigenvalue weighted by Gasteiger charge is 2.07. The van der Waals surface area contributed by atoms with Gasteiger partial charge in [-0.2, -0.15) is 11.8 Å². The highest BCUT2D eigenvalue weighted by molar-refractivity contribution is 7.98. The third-order valence-corrected chi connectivity index (χ3v) is 5.76. The molecular formula is C26H30N2O2S. The molecule has 0 radical (unpaired) electrons. The predicted octanol–water partition coefficient (Wildman–Crippen LogP) is 4.96. The zero-order valence-corrected chi connectivity index (χ0v) is 19.0. The molecular weight excluding hydrogens is 404 g/mol. The lowest BCUT2D eigenvalue weighted by atomic mass is 10.0. The fourth-order valence-electron chi connectivity index (χ4n) is 3.05. The van der Waals surface area contributed by atoms with Crippen molar-refractivity contribution in [1.82, 2.24) is 10.2 Å². The fraction of sp³-hybridized carbons (Fsp3) is 0.269. The Kier molecular flexibility index (Phi) is 9.00. The fourth-order valence-corrected chi connectivity index (χ4v) is 3.83. The first-order valence-electron chi connectivity index (χ1n) is 10.5. The van der Waals surface area contributed by atoms with E-state index in [0.717, 1.165) is 34.9 Å². The number of carbonyl (C=O) groups excluding carboxylic acids is 1. The van der Waals surface area contributed by atoms with Gasteiger partial charge < -0.3 is 15.0 Å². The molecule has 3 aromatic carbocycles. The number of rotatable bonds is 11. The van der Waals surface area contributed by atoms with Gasteiger partial charge in [0.1, 0.15) is 5.75 Å². The second-order valence-electron chi connectivity index (χ2n) is 7.55. The molecule has 1 amide bonds. The van der Waals surface area contributed by atoms with Crippen molar-refractivity contribution in [2.75, 3.05) is 39.5 Å². The average molecular weight is 435 g/mol. The monoisotopic (exact) mass is 434 g/mol. The van der Waals surface area contributed by atoms with E-state index >= 15 is 0 Å². The maximum atomic E-state index is 12.4. The van der Waals surface area contributed by atoms with E-state index in [2.05, 4.69) is 29.6 Å². The van der Waals surface area contributed by atoms with Crippen LogP contribution >= 0.6 is 11.8 Å². The van der Waals surface area contributed by atoms with Crippen molar-refractivity contribution >= 4 is 17.7 Å². The Hall–Kier alpha value is -2.76. The van der Waals surface area contributed by atoms with Gasteiger partial charge in [0, 0.05) is 30.2 Å². The summed E-state index contributed by atoms with van der Waals surface area (Å²) in [6.45, 7) is 2.16. The van der Waals surface area contributed by atoms with Crippen molar-refractivity contribution < 1.29 is 9.53 Å². The number of benzene rings is 3. The number of carbonyl (C=O) groups is 1. The quantitative estimate of drug-likeness (QED) is 0.433. The summed E-state index contributed by atoms with van der Waals surface area (Å²) in [4.78, 5) is 14.4.